The van der Waals surface area contributed by atoms with Gasteiger partial charge in [0.05, 0.1) is 5.56 Å². The zero-order valence-electron chi connectivity index (χ0n) is 10.9. The highest BCUT2D eigenvalue weighted by Gasteiger charge is 2.19. The predicted octanol–water partition coefficient (Wildman–Crippen LogP) is 3.84. The molecule has 3 rings (SSSR count). The molecule has 1 saturated carbocycles. The zero-order valence-corrected chi connectivity index (χ0v) is 13.2. The van der Waals surface area contributed by atoms with Gasteiger partial charge in [0.15, 0.2) is 0 Å². The zero-order chi connectivity index (χ0) is 13.9. The van der Waals surface area contributed by atoms with Crippen molar-refractivity contribution in [2.24, 2.45) is 0 Å². The molecule has 0 spiro atoms. The van der Waals surface area contributed by atoms with E-state index in [1.807, 2.05) is 18.2 Å². The molecule has 0 radical (unpaired) electrons. The van der Waals surface area contributed by atoms with E-state index in [4.69, 9.17) is 16.0 Å². The average molecular weight is 357 g/mol. The van der Waals surface area contributed by atoms with E-state index in [1.54, 1.807) is 0 Å². The third kappa shape index (κ3) is 3.59. The molecule has 1 N–H and O–H groups in total. The minimum Gasteiger partial charge on any atom is -0.421 e. The lowest BCUT2D eigenvalue weighted by atomic mass is 10.2. The average Bonchev–Trinajstić information content (AvgIpc) is 3.15. The summed E-state index contributed by atoms with van der Waals surface area (Å²) in [4.78, 5) is 0. The van der Waals surface area contributed by atoms with Crippen molar-refractivity contribution in [3.05, 3.63) is 33.6 Å². The van der Waals surface area contributed by atoms with Gasteiger partial charge in [0.25, 0.3) is 0 Å². The van der Waals surface area contributed by atoms with Crippen LogP contribution in [0.15, 0.2) is 27.1 Å². The van der Waals surface area contributed by atoms with Crippen molar-refractivity contribution in [2.45, 2.75) is 31.7 Å². The third-order valence-electron chi connectivity index (χ3n) is 3.20. The van der Waals surface area contributed by atoms with Crippen molar-refractivity contribution < 1.29 is 4.42 Å². The summed E-state index contributed by atoms with van der Waals surface area (Å²) in [5, 5.41) is 12.3. The number of nitrogens with one attached hydrogen (secondary N) is 1. The van der Waals surface area contributed by atoms with E-state index in [0.29, 0.717) is 16.8 Å². The largest absolute Gasteiger partial charge is 0.421 e. The van der Waals surface area contributed by atoms with E-state index in [2.05, 4.69) is 31.4 Å². The first-order chi connectivity index (χ1) is 9.72. The molecule has 6 heteroatoms. The molecule has 20 heavy (non-hydrogen) atoms. The molecule has 1 heterocycles. The van der Waals surface area contributed by atoms with Crippen molar-refractivity contribution in [2.75, 3.05) is 6.54 Å². The van der Waals surface area contributed by atoms with Crippen LogP contribution in [-0.4, -0.2) is 22.8 Å². The van der Waals surface area contributed by atoms with Crippen molar-refractivity contribution >= 4 is 27.5 Å². The summed E-state index contributed by atoms with van der Waals surface area (Å²) < 4.78 is 6.59. The van der Waals surface area contributed by atoms with Crippen LogP contribution >= 0.6 is 27.5 Å². The number of benzene rings is 1. The first kappa shape index (κ1) is 14.0. The van der Waals surface area contributed by atoms with Crippen LogP contribution in [0.1, 0.15) is 25.2 Å². The summed E-state index contributed by atoms with van der Waals surface area (Å²) in [5.74, 6) is 1.17. The number of hydrogen-bond acceptors (Lipinski definition) is 4. The van der Waals surface area contributed by atoms with Gasteiger partial charge in [0, 0.05) is 22.0 Å². The molecule has 1 aliphatic carbocycles. The second-order valence-electron chi connectivity index (χ2n) is 4.96. The summed E-state index contributed by atoms with van der Waals surface area (Å²) >= 11 is 9.46. The molecule has 1 aromatic heterocycles. The first-order valence-electron chi connectivity index (χ1n) is 6.73. The van der Waals surface area contributed by atoms with E-state index in [9.17, 15) is 0 Å². The minimum atomic E-state index is 0.504. The fourth-order valence-corrected chi connectivity index (χ4v) is 2.55. The second-order valence-corrected chi connectivity index (χ2v) is 6.25. The van der Waals surface area contributed by atoms with Gasteiger partial charge in [-0.2, -0.15) is 0 Å². The Bertz CT molecular complexity index is 598. The molecule has 0 amide bonds. The lowest BCUT2D eigenvalue weighted by Gasteiger charge is -2.00. The van der Waals surface area contributed by atoms with E-state index in [-0.39, 0.29) is 0 Å². The maximum atomic E-state index is 5.99. The van der Waals surface area contributed by atoms with Gasteiger partial charge in [-0.15, -0.1) is 10.2 Å². The Morgan fingerprint density at radius 1 is 1.35 bits per heavy atom. The van der Waals surface area contributed by atoms with Gasteiger partial charge >= 0.3 is 0 Å². The Kier molecular flexibility index (Phi) is 4.38. The maximum absolute atomic E-state index is 5.99. The SMILES string of the molecule is Clc1ccc(Br)c(-c2nnc(CCCNC3CC3)o2)c1. The first-order valence-corrected chi connectivity index (χ1v) is 7.90. The molecular formula is C14H15BrClN3O. The van der Waals surface area contributed by atoms with Gasteiger partial charge in [-0.1, -0.05) is 11.6 Å². The van der Waals surface area contributed by atoms with E-state index in [0.717, 1.165) is 35.5 Å². The minimum absolute atomic E-state index is 0.504. The molecule has 0 bridgehead atoms. The Morgan fingerprint density at radius 3 is 3.00 bits per heavy atom. The number of aromatic nitrogens is 2. The number of hydrogen-bond donors (Lipinski definition) is 1. The van der Waals surface area contributed by atoms with Crippen LogP contribution < -0.4 is 5.32 Å². The molecule has 1 aromatic carbocycles. The predicted molar refractivity (Wildman–Crippen MR) is 81.8 cm³/mol. The van der Waals surface area contributed by atoms with E-state index < -0.39 is 0 Å². The van der Waals surface area contributed by atoms with Crippen LogP contribution in [-0.2, 0) is 6.42 Å². The lowest BCUT2D eigenvalue weighted by molar-refractivity contribution is 0.490. The highest BCUT2D eigenvalue weighted by molar-refractivity contribution is 9.10. The highest BCUT2D eigenvalue weighted by atomic mass is 79.9. The standard InChI is InChI=1S/C14H15BrClN3O/c15-12-6-3-9(16)8-11(12)14-19-18-13(20-14)2-1-7-17-10-4-5-10/h3,6,8,10,17H,1-2,4-5,7H2. The number of aryl methyl sites for hydroxylation is 1. The van der Waals surface area contributed by atoms with Gasteiger partial charge in [0.1, 0.15) is 0 Å². The molecule has 0 unspecified atom stereocenters. The van der Waals surface area contributed by atoms with E-state index >= 15 is 0 Å². The van der Waals surface area contributed by atoms with Crippen LogP contribution in [0.3, 0.4) is 0 Å². The summed E-state index contributed by atoms with van der Waals surface area (Å²) in [6, 6.07) is 6.25. The van der Waals surface area contributed by atoms with Crippen LogP contribution in [0.2, 0.25) is 5.02 Å². The molecule has 0 saturated heterocycles. The van der Waals surface area contributed by atoms with Crippen molar-refractivity contribution in [1.29, 1.82) is 0 Å². The second kappa shape index (κ2) is 6.24. The summed E-state index contributed by atoms with van der Waals surface area (Å²) in [6.45, 7) is 1.00. The smallest absolute Gasteiger partial charge is 0.248 e. The Hall–Kier alpha value is -0.910. The molecule has 106 valence electrons. The topological polar surface area (TPSA) is 51.0 Å². The van der Waals surface area contributed by atoms with Gasteiger partial charge in [-0.05, 0) is 59.9 Å². The van der Waals surface area contributed by atoms with Crippen molar-refractivity contribution in [3.63, 3.8) is 0 Å². The number of rotatable bonds is 6. The molecule has 1 fully saturated rings. The lowest BCUT2D eigenvalue weighted by Crippen LogP contribution is -2.17. The number of halogens is 2. The quantitative estimate of drug-likeness (QED) is 0.799. The van der Waals surface area contributed by atoms with Crippen LogP contribution in [0.25, 0.3) is 11.5 Å². The van der Waals surface area contributed by atoms with Crippen LogP contribution in [0.5, 0.6) is 0 Å². The molecule has 2 aromatic rings. The Morgan fingerprint density at radius 2 is 2.20 bits per heavy atom. The van der Waals surface area contributed by atoms with Crippen LogP contribution in [0, 0.1) is 0 Å². The molecule has 0 atom stereocenters. The summed E-state index contributed by atoms with van der Waals surface area (Å²) in [7, 11) is 0. The van der Waals surface area contributed by atoms with Gasteiger partial charge in [-0.3, -0.25) is 0 Å². The summed E-state index contributed by atoms with van der Waals surface area (Å²) in [5.41, 5.74) is 0.826. The van der Waals surface area contributed by atoms with Crippen molar-refractivity contribution in [1.82, 2.24) is 15.5 Å². The number of nitrogens with zero attached hydrogens (tertiary/aromatic N) is 2. The molecule has 4 nitrogen and oxygen atoms in total. The Labute approximate surface area is 131 Å². The van der Waals surface area contributed by atoms with Gasteiger partial charge in [-0.25, -0.2) is 0 Å². The normalized spacial score (nSPS) is 14.7. The molecular weight excluding hydrogens is 342 g/mol. The summed E-state index contributed by atoms with van der Waals surface area (Å²) in [6.07, 6.45) is 4.43. The molecule has 0 aliphatic heterocycles. The molecule has 1 aliphatic rings. The van der Waals surface area contributed by atoms with Gasteiger partial charge in [0.2, 0.25) is 11.8 Å². The maximum Gasteiger partial charge on any atom is 0.248 e. The fourth-order valence-electron chi connectivity index (χ4n) is 1.96. The fraction of sp³-hybridized carbons (Fsp3) is 0.429. The Balaban J connectivity index is 1.61. The third-order valence-corrected chi connectivity index (χ3v) is 4.13. The van der Waals surface area contributed by atoms with Crippen LogP contribution in [0.4, 0.5) is 0 Å². The van der Waals surface area contributed by atoms with E-state index in [1.165, 1.54) is 12.8 Å². The van der Waals surface area contributed by atoms with Crippen molar-refractivity contribution in [3.8, 4) is 11.5 Å². The highest BCUT2D eigenvalue weighted by Crippen LogP contribution is 2.30. The van der Waals surface area contributed by atoms with Gasteiger partial charge < -0.3 is 9.73 Å². The monoisotopic (exact) mass is 355 g/mol.